The molecule has 0 saturated heterocycles. The first-order valence-electron chi connectivity index (χ1n) is 6.21. The van der Waals surface area contributed by atoms with Crippen LogP contribution < -0.4 is 5.32 Å². The van der Waals surface area contributed by atoms with E-state index in [2.05, 4.69) is 26.2 Å². The Balaban J connectivity index is 1.76. The molecule has 2 heterocycles. The maximum atomic E-state index is 12.1. The summed E-state index contributed by atoms with van der Waals surface area (Å²) in [5.74, 6) is 0.578. The number of benzene rings is 1. The SMILES string of the molecule is Cc1nc(-c2ccc(C(=O)Nc3ccc(Br)cc3)o2)cs1. The molecule has 0 fully saturated rings. The molecule has 0 atom stereocenters. The van der Waals surface area contributed by atoms with E-state index in [0.717, 1.165) is 15.2 Å². The van der Waals surface area contributed by atoms with Gasteiger partial charge < -0.3 is 9.73 Å². The minimum absolute atomic E-state index is 0.263. The summed E-state index contributed by atoms with van der Waals surface area (Å²) in [4.78, 5) is 16.4. The number of carbonyl (C=O) groups excluding carboxylic acids is 1. The largest absolute Gasteiger partial charge is 0.449 e. The highest BCUT2D eigenvalue weighted by Crippen LogP contribution is 2.24. The average Bonchev–Trinajstić information content (AvgIpc) is 3.10. The van der Waals surface area contributed by atoms with Gasteiger partial charge in [0, 0.05) is 15.5 Å². The zero-order valence-electron chi connectivity index (χ0n) is 11.1. The molecule has 21 heavy (non-hydrogen) atoms. The average molecular weight is 363 g/mol. The first-order chi connectivity index (χ1) is 10.1. The van der Waals surface area contributed by atoms with Gasteiger partial charge in [-0.2, -0.15) is 0 Å². The van der Waals surface area contributed by atoms with E-state index < -0.39 is 0 Å². The Morgan fingerprint density at radius 2 is 2.00 bits per heavy atom. The zero-order chi connectivity index (χ0) is 14.8. The Hall–Kier alpha value is -1.92. The fourth-order valence-corrected chi connectivity index (χ4v) is 2.67. The summed E-state index contributed by atoms with van der Waals surface area (Å²) in [5.41, 5.74) is 1.46. The summed E-state index contributed by atoms with van der Waals surface area (Å²) in [7, 11) is 0. The fourth-order valence-electron chi connectivity index (χ4n) is 1.80. The van der Waals surface area contributed by atoms with Crippen molar-refractivity contribution in [2.75, 3.05) is 5.32 Å². The maximum absolute atomic E-state index is 12.1. The van der Waals surface area contributed by atoms with Crippen LogP contribution in [0.5, 0.6) is 0 Å². The van der Waals surface area contributed by atoms with Crippen LogP contribution in [0.4, 0.5) is 5.69 Å². The number of carbonyl (C=O) groups is 1. The van der Waals surface area contributed by atoms with Crippen LogP contribution in [-0.4, -0.2) is 10.9 Å². The molecule has 1 amide bonds. The lowest BCUT2D eigenvalue weighted by molar-refractivity contribution is 0.0997. The molecule has 0 aliphatic carbocycles. The van der Waals surface area contributed by atoms with Gasteiger partial charge in [0.25, 0.3) is 5.91 Å². The highest BCUT2D eigenvalue weighted by molar-refractivity contribution is 9.10. The number of thiazole rings is 1. The van der Waals surface area contributed by atoms with E-state index >= 15 is 0 Å². The molecule has 1 aromatic carbocycles. The van der Waals surface area contributed by atoms with Crippen LogP contribution in [0.15, 0.2) is 50.7 Å². The Bertz CT molecular complexity index is 777. The first kappa shape index (κ1) is 14.0. The molecule has 4 nitrogen and oxygen atoms in total. The topological polar surface area (TPSA) is 55.1 Å². The normalized spacial score (nSPS) is 10.6. The van der Waals surface area contributed by atoms with Crippen LogP contribution in [0, 0.1) is 6.92 Å². The third-order valence-electron chi connectivity index (χ3n) is 2.80. The number of nitrogens with one attached hydrogen (secondary N) is 1. The van der Waals surface area contributed by atoms with Crippen molar-refractivity contribution in [1.82, 2.24) is 4.98 Å². The molecule has 2 aromatic heterocycles. The van der Waals surface area contributed by atoms with Crippen molar-refractivity contribution in [3.63, 3.8) is 0 Å². The summed E-state index contributed by atoms with van der Waals surface area (Å²) in [6.07, 6.45) is 0. The summed E-state index contributed by atoms with van der Waals surface area (Å²) < 4.78 is 6.52. The van der Waals surface area contributed by atoms with Crippen molar-refractivity contribution in [3.8, 4) is 11.5 Å². The van der Waals surface area contributed by atoms with Crippen molar-refractivity contribution in [3.05, 3.63) is 57.0 Å². The van der Waals surface area contributed by atoms with E-state index in [9.17, 15) is 4.79 Å². The number of rotatable bonds is 3. The molecular weight excluding hydrogens is 352 g/mol. The van der Waals surface area contributed by atoms with Crippen molar-refractivity contribution in [2.24, 2.45) is 0 Å². The third-order valence-corrected chi connectivity index (χ3v) is 4.11. The summed E-state index contributed by atoms with van der Waals surface area (Å²) in [6, 6.07) is 10.8. The monoisotopic (exact) mass is 362 g/mol. The number of nitrogens with zero attached hydrogens (tertiary/aromatic N) is 1. The number of amides is 1. The molecule has 0 saturated carbocycles. The van der Waals surface area contributed by atoms with E-state index in [4.69, 9.17) is 4.42 Å². The smallest absolute Gasteiger partial charge is 0.291 e. The molecule has 0 unspecified atom stereocenters. The number of hydrogen-bond acceptors (Lipinski definition) is 4. The zero-order valence-corrected chi connectivity index (χ0v) is 13.5. The van der Waals surface area contributed by atoms with Gasteiger partial charge in [-0.15, -0.1) is 11.3 Å². The minimum Gasteiger partial charge on any atom is -0.449 e. The van der Waals surface area contributed by atoms with Crippen molar-refractivity contribution < 1.29 is 9.21 Å². The highest BCUT2D eigenvalue weighted by atomic mass is 79.9. The van der Waals surface area contributed by atoms with Crippen LogP contribution in [0.3, 0.4) is 0 Å². The number of hydrogen-bond donors (Lipinski definition) is 1. The lowest BCUT2D eigenvalue weighted by Crippen LogP contribution is -2.10. The number of halogens is 1. The predicted octanol–water partition coefficient (Wildman–Crippen LogP) is 4.73. The second kappa shape index (κ2) is 5.83. The Kier molecular flexibility index (Phi) is 3.90. The van der Waals surface area contributed by atoms with Crippen molar-refractivity contribution in [1.29, 1.82) is 0 Å². The molecule has 3 aromatic rings. The quantitative estimate of drug-likeness (QED) is 0.732. The maximum Gasteiger partial charge on any atom is 0.291 e. The van der Waals surface area contributed by atoms with E-state index in [1.54, 1.807) is 23.5 Å². The number of anilines is 1. The van der Waals surface area contributed by atoms with Crippen molar-refractivity contribution >= 4 is 38.9 Å². The van der Waals surface area contributed by atoms with Crippen LogP contribution in [0.25, 0.3) is 11.5 Å². The molecular formula is C15H11BrN2O2S. The molecule has 0 aliphatic rings. The Morgan fingerprint density at radius 1 is 1.24 bits per heavy atom. The summed E-state index contributed by atoms with van der Waals surface area (Å²) in [5, 5.41) is 5.65. The van der Waals surface area contributed by atoms with Gasteiger partial charge in [0.1, 0.15) is 5.69 Å². The molecule has 0 aliphatic heterocycles. The van der Waals surface area contributed by atoms with Crippen LogP contribution in [0.2, 0.25) is 0 Å². The molecule has 3 rings (SSSR count). The second-order valence-corrected chi connectivity index (χ2v) is 6.35. The van der Waals surface area contributed by atoms with E-state index in [0.29, 0.717) is 11.4 Å². The summed E-state index contributed by atoms with van der Waals surface area (Å²) >= 11 is 4.90. The van der Waals surface area contributed by atoms with Crippen LogP contribution in [0.1, 0.15) is 15.6 Å². The highest BCUT2D eigenvalue weighted by Gasteiger charge is 2.13. The van der Waals surface area contributed by atoms with Gasteiger partial charge in [-0.1, -0.05) is 15.9 Å². The van der Waals surface area contributed by atoms with Gasteiger partial charge in [0.05, 0.1) is 5.01 Å². The Labute approximate surface area is 134 Å². The standard InChI is InChI=1S/C15H11BrN2O2S/c1-9-17-12(8-21-9)13-6-7-14(20-13)15(19)18-11-4-2-10(16)3-5-11/h2-8H,1H3,(H,18,19). The second-order valence-electron chi connectivity index (χ2n) is 4.38. The Morgan fingerprint density at radius 3 is 2.67 bits per heavy atom. The first-order valence-corrected chi connectivity index (χ1v) is 7.88. The van der Waals surface area contributed by atoms with Gasteiger partial charge in [0.2, 0.25) is 0 Å². The van der Waals surface area contributed by atoms with Gasteiger partial charge in [-0.25, -0.2) is 4.98 Å². The van der Waals surface area contributed by atoms with Gasteiger partial charge in [-0.3, -0.25) is 4.79 Å². The van der Waals surface area contributed by atoms with Crippen molar-refractivity contribution in [2.45, 2.75) is 6.92 Å². The lowest BCUT2D eigenvalue weighted by atomic mass is 10.3. The third kappa shape index (κ3) is 3.22. The molecule has 1 N–H and O–H groups in total. The van der Waals surface area contributed by atoms with E-state index in [1.165, 1.54) is 0 Å². The summed E-state index contributed by atoms with van der Waals surface area (Å²) in [6.45, 7) is 1.93. The minimum atomic E-state index is -0.282. The number of aromatic nitrogens is 1. The van der Waals surface area contributed by atoms with Crippen LogP contribution in [-0.2, 0) is 0 Å². The van der Waals surface area contributed by atoms with E-state index in [1.807, 2.05) is 36.6 Å². The fraction of sp³-hybridized carbons (Fsp3) is 0.0667. The molecule has 0 spiro atoms. The van der Waals surface area contributed by atoms with Gasteiger partial charge in [-0.05, 0) is 43.3 Å². The number of aryl methyl sites for hydroxylation is 1. The molecule has 0 radical (unpaired) electrons. The lowest BCUT2D eigenvalue weighted by Gasteiger charge is -2.02. The molecule has 6 heteroatoms. The van der Waals surface area contributed by atoms with Gasteiger partial charge in [0.15, 0.2) is 11.5 Å². The van der Waals surface area contributed by atoms with Gasteiger partial charge >= 0.3 is 0 Å². The van der Waals surface area contributed by atoms with E-state index in [-0.39, 0.29) is 11.7 Å². The number of furan rings is 1. The molecule has 106 valence electrons. The van der Waals surface area contributed by atoms with Crippen LogP contribution >= 0.6 is 27.3 Å². The predicted molar refractivity (Wildman–Crippen MR) is 86.6 cm³/mol. The molecule has 0 bridgehead atoms.